The summed E-state index contributed by atoms with van der Waals surface area (Å²) in [7, 11) is 0. The Morgan fingerprint density at radius 3 is 3.06 bits per heavy atom. The predicted molar refractivity (Wildman–Crippen MR) is 59.5 cm³/mol. The minimum atomic E-state index is 0.660. The molecule has 3 rings (SSSR count). The first-order valence-electron chi connectivity index (χ1n) is 5.48. The predicted octanol–water partition coefficient (Wildman–Crippen LogP) is 1.12. The molecule has 2 N–H and O–H groups in total. The van der Waals surface area contributed by atoms with Crippen LogP contribution in [-0.4, -0.2) is 26.2 Å². The fourth-order valence-electron chi connectivity index (χ4n) is 1.51. The lowest BCUT2D eigenvalue weighted by molar-refractivity contribution is 0.660. The Morgan fingerprint density at radius 2 is 2.31 bits per heavy atom. The topological polar surface area (TPSA) is 66.5 Å². The standard InChI is InChI=1S/C11H13N5/c1-2-6-12-9(3-1)11-14-10(15-16-11)7-13-8-4-5-8/h1-3,6,8,13H,4-5,7H2,(H,14,15,16). The van der Waals surface area contributed by atoms with Gasteiger partial charge in [0.2, 0.25) is 0 Å². The lowest BCUT2D eigenvalue weighted by Crippen LogP contribution is -2.16. The third-order valence-electron chi connectivity index (χ3n) is 2.56. The number of H-pyrrole nitrogens is 1. The van der Waals surface area contributed by atoms with Crippen LogP contribution in [0.25, 0.3) is 11.5 Å². The second kappa shape index (κ2) is 4.02. The molecule has 0 radical (unpaired) electrons. The number of rotatable bonds is 4. The van der Waals surface area contributed by atoms with Crippen LogP contribution in [0.1, 0.15) is 18.7 Å². The minimum absolute atomic E-state index is 0.660. The van der Waals surface area contributed by atoms with Crippen molar-refractivity contribution in [3.63, 3.8) is 0 Å². The van der Waals surface area contributed by atoms with Crippen molar-refractivity contribution in [3.05, 3.63) is 30.2 Å². The summed E-state index contributed by atoms with van der Waals surface area (Å²) >= 11 is 0. The van der Waals surface area contributed by atoms with Gasteiger partial charge >= 0.3 is 0 Å². The molecule has 1 aliphatic carbocycles. The van der Waals surface area contributed by atoms with Gasteiger partial charge in [-0.05, 0) is 25.0 Å². The van der Waals surface area contributed by atoms with E-state index in [9.17, 15) is 0 Å². The Hall–Kier alpha value is -1.75. The monoisotopic (exact) mass is 215 g/mol. The average Bonchev–Trinajstić information content (AvgIpc) is 3.05. The molecule has 0 aliphatic heterocycles. The molecule has 16 heavy (non-hydrogen) atoms. The number of aromatic amines is 1. The number of hydrogen-bond acceptors (Lipinski definition) is 4. The molecule has 2 aromatic heterocycles. The van der Waals surface area contributed by atoms with E-state index >= 15 is 0 Å². The van der Waals surface area contributed by atoms with Gasteiger partial charge in [0.25, 0.3) is 0 Å². The third kappa shape index (κ3) is 2.09. The quantitative estimate of drug-likeness (QED) is 0.802. The Bertz CT molecular complexity index is 460. The van der Waals surface area contributed by atoms with E-state index in [1.807, 2.05) is 18.2 Å². The maximum Gasteiger partial charge on any atom is 0.199 e. The summed E-state index contributed by atoms with van der Waals surface area (Å²) in [5.74, 6) is 1.53. The maximum atomic E-state index is 4.39. The summed E-state index contributed by atoms with van der Waals surface area (Å²) in [4.78, 5) is 8.59. The second-order valence-electron chi connectivity index (χ2n) is 3.98. The van der Waals surface area contributed by atoms with Crippen LogP contribution in [-0.2, 0) is 6.54 Å². The van der Waals surface area contributed by atoms with Gasteiger partial charge in [0.05, 0.1) is 6.54 Å². The molecule has 0 aromatic carbocycles. The summed E-state index contributed by atoms with van der Waals surface area (Å²) in [6.07, 6.45) is 4.30. The van der Waals surface area contributed by atoms with Crippen LogP contribution in [0.4, 0.5) is 0 Å². The van der Waals surface area contributed by atoms with E-state index < -0.39 is 0 Å². The molecule has 0 spiro atoms. The molecular weight excluding hydrogens is 202 g/mol. The van der Waals surface area contributed by atoms with E-state index in [-0.39, 0.29) is 0 Å². The highest BCUT2D eigenvalue weighted by Crippen LogP contribution is 2.19. The SMILES string of the molecule is c1ccc(-c2n[nH]c(CNC3CC3)n2)nc1. The molecule has 1 saturated carbocycles. The molecule has 0 bridgehead atoms. The highest BCUT2D eigenvalue weighted by atomic mass is 15.2. The first kappa shape index (κ1) is 9.47. The van der Waals surface area contributed by atoms with Crippen molar-refractivity contribution in [3.8, 4) is 11.5 Å². The van der Waals surface area contributed by atoms with Crippen LogP contribution in [0, 0.1) is 0 Å². The molecule has 1 fully saturated rings. The van der Waals surface area contributed by atoms with E-state index in [4.69, 9.17) is 0 Å². The molecule has 5 heteroatoms. The molecule has 2 aromatic rings. The van der Waals surface area contributed by atoms with Gasteiger partial charge in [0.15, 0.2) is 5.82 Å². The number of hydrogen-bond donors (Lipinski definition) is 2. The zero-order chi connectivity index (χ0) is 10.8. The van der Waals surface area contributed by atoms with Crippen LogP contribution in [0.5, 0.6) is 0 Å². The minimum Gasteiger partial charge on any atom is -0.307 e. The number of nitrogens with zero attached hydrogens (tertiary/aromatic N) is 3. The van der Waals surface area contributed by atoms with E-state index in [0.29, 0.717) is 11.9 Å². The highest BCUT2D eigenvalue weighted by molar-refractivity contribution is 5.47. The summed E-state index contributed by atoms with van der Waals surface area (Å²) in [5, 5.41) is 10.5. The lowest BCUT2D eigenvalue weighted by Gasteiger charge is -1.96. The van der Waals surface area contributed by atoms with E-state index in [0.717, 1.165) is 18.1 Å². The van der Waals surface area contributed by atoms with Crippen LogP contribution >= 0.6 is 0 Å². The van der Waals surface area contributed by atoms with Crippen LogP contribution < -0.4 is 5.32 Å². The van der Waals surface area contributed by atoms with Crippen molar-refractivity contribution >= 4 is 0 Å². The van der Waals surface area contributed by atoms with Gasteiger partial charge in [0.1, 0.15) is 11.5 Å². The third-order valence-corrected chi connectivity index (χ3v) is 2.56. The van der Waals surface area contributed by atoms with Crippen LogP contribution in [0.2, 0.25) is 0 Å². The van der Waals surface area contributed by atoms with Gasteiger partial charge in [-0.3, -0.25) is 10.1 Å². The van der Waals surface area contributed by atoms with Gasteiger partial charge < -0.3 is 5.32 Å². The zero-order valence-electron chi connectivity index (χ0n) is 8.85. The van der Waals surface area contributed by atoms with E-state index in [1.165, 1.54) is 12.8 Å². The first-order valence-corrected chi connectivity index (χ1v) is 5.48. The normalized spacial score (nSPS) is 15.2. The van der Waals surface area contributed by atoms with Crippen molar-refractivity contribution in [1.82, 2.24) is 25.5 Å². The van der Waals surface area contributed by atoms with Crippen molar-refractivity contribution in [2.24, 2.45) is 0 Å². The molecule has 2 heterocycles. The highest BCUT2D eigenvalue weighted by Gasteiger charge is 2.20. The van der Waals surface area contributed by atoms with Gasteiger partial charge in [-0.15, -0.1) is 0 Å². The fourth-order valence-corrected chi connectivity index (χ4v) is 1.51. The zero-order valence-corrected chi connectivity index (χ0v) is 8.85. The van der Waals surface area contributed by atoms with Crippen molar-refractivity contribution in [1.29, 1.82) is 0 Å². The fraction of sp³-hybridized carbons (Fsp3) is 0.364. The summed E-state index contributed by atoms with van der Waals surface area (Å²) < 4.78 is 0. The van der Waals surface area contributed by atoms with Gasteiger partial charge in [-0.25, -0.2) is 4.98 Å². The Morgan fingerprint density at radius 1 is 1.38 bits per heavy atom. The van der Waals surface area contributed by atoms with Gasteiger partial charge in [0, 0.05) is 12.2 Å². The largest absolute Gasteiger partial charge is 0.307 e. The molecule has 0 unspecified atom stereocenters. The van der Waals surface area contributed by atoms with Crippen molar-refractivity contribution in [2.75, 3.05) is 0 Å². The average molecular weight is 215 g/mol. The summed E-state index contributed by atoms with van der Waals surface area (Å²) in [5.41, 5.74) is 0.802. The smallest absolute Gasteiger partial charge is 0.199 e. The number of aromatic nitrogens is 4. The van der Waals surface area contributed by atoms with Crippen LogP contribution in [0.3, 0.4) is 0 Å². The number of pyridine rings is 1. The lowest BCUT2D eigenvalue weighted by atomic mass is 10.3. The summed E-state index contributed by atoms with van der Waals surface area (Å²) in [6.45, 7) is 0.754. The number of nitrogens with one attached hydrogen (secondary N) is 2. The molecule has 1 aliphatic rings. The molecule has 0 saturated heterocycles. The maximum absolute atomic E-state index is 4.39. The first-order chi connectivity index (χ1) is 7.92. The molecule has 82 valence electrons. The van der Waals surface area contributed by atoms with Crippen molar-refractivity contribution < 1.29 is 0 Å². The molecule has 0 atom stereocenters. The van der Waals surface area contributed by atoms with E-state index in [1.54, 1.807) is 6.20 Å². The Balaban J connectivity index is 1.71. The van der Waals surface area contributed by atoms with Crippen molar-refractivity contribution in [2.45, 2.75) is 25.4 Å². The van der Waals surface area contributed by atoms with Crippen LogP contribution in [0.15, 0.2) is 24.4 Å². The second-order valence-corrected chi connectivity index (χ2v) is 3.98. The van der Waals surface area contributed by atoms with E-state index in [2.05, 4.69) is 25.5 Å². The van der Waals surface area contributed by atoms with Gasteiger partial charge in [-0.1, -0.05) is 6.07 Å². The Labute approximate surface area is 93.3 Å². The summed E-state index contributed by atoms with van der Waals surface area (Å²) in [6, 6.07) is 6.40. The molecular formula is C11H13N5. The Kier molecular flexibility index (Phi) is 2.38. The molecule has 5 nitrogen and oxygen atoms in total. The molecule has 0 amide bonds. The van der Waals surface area contributed by atoms with Gasteiger partial charge in [-0.2, -0.15) is 5.10 Å².